The number of alkyl halides is 1. The molecule has 0 radical (unpaired) electrons. The maximum atomic E-state index is 13.9. The molecule has 0 aromatic heterocycles. The molecule has 2 N–H and O–H groups in total. The van der Waals surface area contributed by atoms with E-state index in [0.717, 1.165) is 31.2 Å². The predicted molar refractivity (Wildman–Crippen MR) is 71.5 cm³/mol. The van der Waals surface area contributed by atoms with E-state index >= 15 is 0 Å². The third kappa shape index (κ3) is 2.37. The molecule has 1 atom stereocenters. The summed E-state index contributed by atoms with van der Waals surface area (Å²) < 4.78 is 19.2. The summed E-state index contributed by atoms with van der Waals surface area (Å²) in [5.41, 5.74) is 7.69. The monoisotopic (exact) mass is 251 g/mol. The number of methoxy groups -OCH3 is 1. The average molecular weight is 251 g/mol. The Labute approximate surface area is 108 Å². The van der Waals surface area contributed by atoms with Gasteiger partial charge in [0.25, 0.3) is 0 Å². The lowest BCUT2D eigenvalue weighted by atomic mass is 9.75. The first-order valence-electron chi connectivity index (χ1n) is 6.69. The minimum atomic E-state index is -1.06. The molecule has 1 fully saturated rings. The zero-order valence-corrected chi connectivity index (χ0v) is 11.2. The van der Waals surface area contributed by atoms with Gasteiger partial charge in [-0.05, 0) is 31.4 Å². The van der Waals surface area contributed by atoms with Gasteiger partial charge >= 0.3 is 0 Å². The topological polar surface area (TPSA) is 35.2 Å². The van der Waals surface area contributed by atoms with E-state index in [9.17, 15) is 4.39 Å². The Morgan fingerprint density at radius 3 is 2.50 bits per heavy atom. The van der Waals surface area contributed by atoms with Crippen molar-refractivity contribution in [2.75, 3.05) is 7.11 Å². The third-order valence-electron chi connectivity index (χ3n) is 3.97. The van der Waals surface area contributed by atoms with Gasteiger partial charge in [0.05, 0.1) is 7.11 Å². The summed E-state index contributed by atoms with van der Waals surface area (Å²) >= 11 is 0. The summed E-state index contributed by atoms with van der Waals surface area (Å²) in [7, 11) is 1.58. The van der Waals surface area contributed by atoms with Crippen molar-refractivity contribution in [3.05, 3.63) is 29.3 Å². The van der Waals surface area contributed by atoms with Gasteiger partial charge in [-0.1, -0.05) is 31.4 Å². The van der Waals surface area contributed by atoms with Crippen molar-refractivity contribution in [2.24, 2.45) is 5.73 Å². The lowest BCUT2D eigenvalue weighted by Gasteiger charge is -2.36. The Hall–Kier alpha value is -1.09. The number of hydrogen-bond acceptors (Lipinski definition) is 2. The summed E-state index contributed by atoms with van der Waals surface area (Å²) in [4.78, 5) is 0. The van der Waals surface area contributed by atoms with E-state index in [2.05, 4.69) is 0 Å². The summed E-state index contributed by atoms with van der Waals surface area (Å²) in [6, 6.07) is 5.67. The number of nitrogens with two attached hydrogens (primary N) is 1. The van der Waals surface area contributed by atoms with Gasteiger partial charge in [0.2, 0.25) is 0 Å². The quantitative estimate of drug-likeness (QED) is 0.885. The minimum absolute atomic E-state index is 0.386. The van der Waals surface area contributed by atoms with Crippen molar-refractivity contribution < 1.29 is 9.13 Å². The Balaban J connectivity index is 2.48. The molecule has 1 aliphatic rings. The summed E-state index contributed by atoms with van der Waals surface area (Å²) in [6.45, 7) is 1.55. The normalized spacial score (nSPS) is 20.4. The van der Waals surface area contributed by atoms with Gasteiger partial charge in [0.1, 0.15) is 11.9 Å². The number of benzene rings is 1. The Bertz CT molecular complexity index is 411. The van der Waals surface area contributed by atoms with Gasteiger partial charge in [-0.15, -0.1) is 0 Å². The number of halogens is 1. The van der Waals surface area contributed by atoms with E-state index < -0.39 is 6.17 Å². The second-order valence-corrected chi connectivity index (χ2v) is 5.25. The first-order chi connectivity index (χ1) is 8.58. The molecule has 2 nitrogen and oxygen atoms in total. The molecule has 0 spiro atoms. The van der Waals surface area contributed by atoms with Crippen molar-refractivity contribution >= 4 is 0 Å². The minimum Gasteiger partial charge on any atom is -0.496 e. The molecule has 100 valence electrons. The van der Waals surface area contributed by atoms with Crippen LogP contribution in [0.5, 0.6) is 5.75 Å². The van der Waals surface area contributed by atoms with Gasteiger partial charge in [0.15, 0.2) is 0 Å². The summed E-state index contributed by atoms with van der Waals surface area (Å²) in [6.07, 6.45) is 4.27. The smallest absolute Gasteiger partial charge is 0.126 e. The van der Waals surface area contributed by atoms with Crippen LogP contribution in [0.3, 0.4) is 0 Å². The van der Waals surface area contributed by atoms with E-state index in [-0.39, 0.29) is 5.54 Å². The van der Waals surface area contributed by atoms with Crippen molar-refractivity contribution in [3.8, 4) is 5.75 Å². The van der Waals surface area contributed by atoms with Gasteiger partial charge in [-0.3, -0.25) is 0 Å². The maximum Gasteiger partial charge on any atom is 0.126 e. The van der Waals surface area contributed by atoms with Crippen molar-refractivity contribution in [2.45, 2.75) is 50.7 Å². The zero-order chi connectivity index (χ0) is 13.2. The van der Waals surface area contributed by atoms with Crippen LogP contribution in [0, 0.1) is 0 Å². The average Bonchev–Trinajstić information content (AvgIpc) is 2.38. The molecule has 1 unspecified atom stereocenters. The Morgan fingerprint density at radius 2 is 1.94 bits per heavy atom. The summed E-state index contributed by atoms with van der Waals surface area (Å²) in [5, 5.41) is 0. The molecule has 1 aliphatic carbocycles. The van der Waals surface area contributed by atoms with Gasteiger partial charge in [0, 0.05) is 11.1 Å². The lowest BCUT2D eigenvalue weighted by Crippen LogP contribution is -2.39. The number of rotatable bonds is 3. The van der Waals surface area contributed by atoms with E-state index in [0.29, 0.717) is 11.3 Å². The van der Waals surface area contributed by atoms with Gasteiger partial charge in [-0.2, -0.15) is 0 Å². The maximum absolute atomic E-state index is 13.9. The fourth-order valence-electron chi connectivity index (χ4n) is 3.02. The van der Waals surface area contributed by atoms with Crippen LogP contribution in [0.2, 0.25) is 0 Å². The molecular formula is C15H22FNO. The van der Waals surface area contributed by atoms with Crippen LogP contribution in [-0.2, 0) is 5.54 Å². The van der Waals surface area contributed by atoms with E-state index in [1.807, 2.05) is 12.1 Å². The Morgan fingerprint density at radius 1 is 1.28 bits per heavy atom. The molecule has 1 aromatic carbocycles. The fraction of sp³-hybridized carbons (Fsp3) is 0.600. The van der Waals surface area contributed by atoms with Crippen LogP contribution in [-0.4, -0.2) is 7.11 Å². The van der Waals surface area contributed by atoms with Crippen LogP contribution >= 0.6 is 0 Å². The van der Waals surface area contributed by atoms with Crippen molar-refractivity contribution in [1.82, 2.24) is 0 Å². The highest BCUT2D eigenvalue weighted by Gasteiger charge is 2.33. The van der Waals surface area contributed by atoms with Crippen molar-refractivity contribution in [1.29, 1.82) is 0 Å². The molecule has 0 aliphatic heterocycles. The zero-order valence-electron chi connectivity index (χ0n) is 11.2. The molecular weight excluding hydrogens is 229 g/mol. The highest BCUT2D eigenvalue weighted by Crippen LogP contribution is 2.41. The predicted octanol–water partition coefficient (Wildman–Crippen LogP) is 3.84. The third-order valence-corrected chi connectivity index (χ3v) is 3.97. The first-order valence-corrected chi connectivity index (χ1v) is 6.69. The Kier molecular flexibility index (Phi) is 3.91. The van der Waals surface area contributed by atoms with Gasteiger partial charge < -0.3 is 10.5 Å². The van der Waals surface area contributed by atoms with Crippen LogP contribution in [0.15, 0.2) is 18.2 Å². The summed E-state index contributed by atoms with van der Waals surface area (Å²) in [5.74, 6) is 0.609. The van der Waals surface area contributed by atoms with Crippen LogP contribution in [0.4, 0.5) is 4.39 Å². The second kappa shape index (κ2) is 5.27. The number of ether oxygens (including phenoxy) is 1. The highest BCUT2D eigenvalue weighted by atomic mass is 19.1. The molecule has 0 amide bonds. The first kappa shape index (κ1) is 13.3. The highest BCUT2D eigenvalue weighted by molar-refractivity contribution is 5.45. The van der Waals surface area contributed by atoms with Crippen LogP contribution < -0.4 is 10.5 Å². The van der Waals surface area contributed by atoms with Gasteiger partial charge in [-0.25, -0.2) is 4.39 Å². The SMILES string of the molecule is COc1cccc(C2(N)CCCCC2)c1C(C)F. The van der Waals surface area contributed by atoms with Crippen LogP contribution in [0.1, 0.15) is 56.3 Å². The largest absolute Gasteiger partial charge is 0.496 e. The fourth-order valence-corrected chi connectivity index (χ4v) is 3.02. The van der Waals surface area contributed by atoms with E-state index in [4.69, 9.17) is 10.5 Å². The molecule has 3 heteroatoms. The van der Waals surface area contributed by atoms with Crippen molar-refractivity contribution in [3.63, 3.8) is 0 Å². The molecule has 0 saturated heterocycles. The molecule has 1 aromatic rings. The van der Waals surface area contributed by atoms with E-state index in [1.165, 1.54) is 6.42 Å². The molecule has 18 heavy (non-hydrogen) atoms. The lowest BCUT2D eigenvalue weighted by molar-refractivity contribution is 0.285. The second-order valence-electron chi connectivity index (χ2n) is 5.25. The number of hydrogen-bond donors (Lipinski definition) is 1. The molecule has 0 heterocycles. The van der Waals surface area contributed by atoms with E-state index in [1.54, 1.807) is 20.1 Å². The molecule has 2 rings (SSSR count). The molecule has 0 bridgehead atoms. The molecule has 1 saturated carbocycles. The van der Waals surface area contributed by atoms with Crippen LogP contribution in [0.25, 0.3) is 0 Å². The standard InChI is InChI=1S/C15H22FNO/c1-11(16)14-12(7-6-8-13(14)18-2)15(17)9-4-3-5-10-15/h6-8,11H,3-5,9-10,17H2,1-2H3.